The van der Waals surface area contributed by atoms with Crippen LogP contribution in [0.25, 0.3) is 0 Å². The minimum Gasteiger partial charge on any atom is -0.394 e. The third-order valence-corrected chi connectivity index (χ3v) is 5.39. The summed E-state index contributed by atoms with van der Waals surface area (Å²) in [6, 6.07) is 1.08. The maximum atomic E-state index is 11.4. The van der Waals surface area contributed by atoms with Gasteiger partial charge in [-0.3, -0.25) is 4.79 Å². The number of unbranched alkanes of at least 4 members (excludes halogenated alkanes) is 9. The van der Waals surface area contributed by atoms with E-state index in [0.717, 1.165) is 18.8 Å². The Morgan fingerprint density at radius 2 is 1.44 bits per heavy atom. The lowest BCUT2D eigenvalue weighted by atomic mass is 9.99. The van der Waals surface area contributed by atoms with Gasteiger partial charge < -0.3 is 15.5 Å². The molecule has 0 aliphatic rings. The van der Waals surface area contributed by atoms with Crippen LogP contribution < -0.4 is 5.32 Å². The second-order valence-electron chi connectivity index (χ2n) is 7.89. The second-order valence-corrected chi connectivity index (χ2v) is 7.89. The summed E-state index contributed by atoms with van der Waals surface area (Å²) in [6.45, 7) is 4.30. The number of carbonyl (C=O) groups is 1. The molecule has 3 N–H and O–H groups in total. The molecule has 5 nitrogen and oxygen atoms in total. The van der Waals surface area contributed by atoms with Crippen molar-refractivity contribution in [2.24, 2.45) is 5.92 Å². The first-order chi connectivity index (χ1) is 13.0. The lowest BCUT2D eigenvalue weighted by Gasteiger charge is -2.21. The number of aliphatic hydroxyl groups excluding tert-OH is 2. The lowest BCUT2D eigenvalue weighted by molar-refractivity contribution is -0.122. The fraction of sp³-hybridized carbons (Fsp3) is 0.909. The monoisotopic (exact) mass is 382 g/mol. The molecule has 0 aliphatic carbocycles. The van der Waals surface area contributed by atoms with Crippen molar-refractivity contribution in [1.82, 2.24) is 5.32 Å². The highest BCUT2D eigenvalue weighted by Crippen LogP contribution is 2.16. The summed E-state index contributed by atoms with van der Waals surface area (Å²) in [5.41, 5.74) is 0. The number of aliphatic hydroxyl groups is 2. The van der Waals surface area contributed by atoms with E-state index in [1.807, 2.05) is 0 Å². The van der Waals surface area contributed by atoms with Gasteiger partial charge in [0.2, 0.25) is 5.91 Å². The number of hydrogen-bond donors (Lipinski definition) is 3. The second kappa shape index (κ2) is 18.3. The van der Waals surface area contributed by atoms with E-state index < -0.39 is 18.1 Å². The number of nitrogens with one attached hydrogen (secondary N) is 1. The van der Waals surface area contributed by atoms with Crippen molar-refractivity contribution in [3.05, 3.63) is 0 Å². The number of nitriles is 1. The highest BCUT2D eigenvalue weighted by atomic mass is 16.3. The Balaban J connectivity index is 3.49. The Bertz CT molecular complexity index is 396. The Labute approximate surface area is 166 Å². The molecular weight excluding hydrogens is 340 g/mol. The molecule has 27 heavy (non-hydrogen) atoms. The third-order valence-electron chi connectivity index (χ3n) is 5.39. The summed E-state index contributed by atoms with van der Waals surface area (Å²) in [5.74, 6) is 0.431. The molecule has 3 atom stereocenters. The van der Waals surface area contributed by atoms with Gasteiger partial charge in [-0.2, -0.15) is 5.26 Å². The van der Waals surface area contributed by atoms with E-state index in [4.69, 9.17) is 5.26 Å². The first-order valence-corrected chi connectivity index (χ1v) is 11.0. The van der Waals surface area contributed by atoms with Gasteiger partial charge in [0.15, 0.2) is 0 Å². The zero-order valence-electron chi connectivity index (χ0n) is 17.6. The van der Waals surface area contributed by atoms with E-state index in [0.29, 0.717) is 6.42 Å². The quantitative estimate of drug-likeness (QED) is 0.305. The number of rotatable bonds is 18. The van der Waals surface area contributed by atoms with Crippen molar-refractivity contribution in [2.45, 2.75) is 116 Å². The van der Waals surface area contributed by atoms with Crippen LogP contribution in [-0.4, -0.2) is 34.9 Å². The van der Waals surface area contributed by atoms with Crippen LogP contribution in [0, 0.1) is 17.2 Å². The Kier molecular flexibility index (Phi) is 17.5. The third kappa shape index (κ3) is 15.6. The van der Waals surface area contributed by atoms with Crippen molar-refractivity contribution in [2.75, 3.05) is 6.61 Å². The topological polar surface area (TPSA) is 93.3 Å². The first-order valence-electron chi connectivity index (χ1n) is 11.0. The molecule has 0 saturated heterocycles. The molecule has 0 heterocycles. The normalized spacial score (nSPS) is 14.3. The van der Waals surface area contributed by atoms with Gasteiger partial charge in [0.1, 0.15) is 6.42 Å². The molecule has 158 valence electrons. The zero-order valence-corrected chi connectivity index (χ0v) is 17.6. The number of carbonyl (C=O) groups excluding carboxylic acids is 1. The number of amides is 1. The molecule has 1 amide bonds. The SMILES string of the molecule is CCC(C)CCCCCCCCCCCCC(O)C(CO)NC(=O)CC#N. The van der Waals surface area contributed by atoms with Crippen LogP contribution in [-0.2, 0) is 4.79 Å². The van der Waals surface area contributed by atoms with Crippen LogP contribution in [0.4, 0.5) is 0 Å². The van der Waals surface area contributed by atoms with E-state index in [1.165, 1.54) is 64.2 Å². The molecule has 0 rings (SSSR count). The van der Waals surface area contributed by atoms with Gasteiger partial charge in [0.05, 0.1) is 24.8 Å². The largest absolute Gasteiger partial charge is 0.394 e. The van der Waals surface area contributed by atoms with Gasteiger partial charge in [0, 0.05) is 0 Å². The fourth-order valence-electron chi connectivity index (χ4n) is 3.26. The van der Waals surface area contributed by atoms with Crippen LogP contribution in [0.1, 0.15) is 104 Å². The van der Waals surface area contributed by atoms with Gasteiger partial charge in [-0.05, 0) is 12.3 Å². The molecule has 0 radical (unpaired) electrons. The Morgan fingerprint density at radius 1 is 0.963 bits per heavy atom. The van der Waals surface area contributed by atoms with Crippen LogP contribution in [0.5, 0.6) is 0 Å². The number of nitrogens with zero attached hydrogens (tertiary/aromatic N) is 1. The smallest absolute Gasteiger partial charge is 0.234 e. The van der Waals surface area contributed by atoms with Gasteiger partial charge in [-0.15, -0.1) is 0 Å². The van der Waals surface area contributed by atoms with Gasteiger partial charge in [0.25, 0.3) is 0 Å². The average Bonchev–Trinajstić information content (AvgIpc) is 2.66. The summed E-state index contributed by atoms with van der Waals surface area (Å²) in [7, 11) is 0. The highest BCUT2D eigenvalue weighted by molar-refractivity contribution is 5.78. The van der Waals surface area contributed by atoms with Crippen molar-refractivity contribution in [3.63, 3.8) is 0 Å². The molecule has 0 aromatic rings. The van der Waals surface area contributed by atoms with E-state index in [9.17, 15) is 15.0 Å². The molecule has 0 aliphatic heterocycles. The summed E-state index contributed by atoms with van der Waals surface area (Å²) in [6.07, 6.45) is 14.7. The summed E-state index contributed by atoms with van der Waals surface area (Å²) >= 11 is 0. The minimum atomic E-state index is -0.756. The summed E-state index contributed by atoms with van der Waals surface area (Å²) in [5, 5.41) is 30.3. The molecule has 0 bridgehead atoms. The maximum absolute atomic E-state index is 11.4. The lowest BCUT2D eigenvalue weighted by Crippen LogP contribution is -2.45. The summed E-state index contributed by atoms with van der Waals surface area (Å²) in [4.78, 5) is 11.4. The van der Waals surface area contributed by atoms with Crippen molar-refractivity contribution < 1.29 is 15.0 Å². The van der Waals surface area contributed by atoms with Gasteiger partial charge in [-0.1, -0.05) is 90.9 Å². The minimum absolute atomic E-state index is 0.249. The van der Waals surface area contributed by atoms with Gasteiger partial charge >= 0.3 is 0 Å². The summed E-state index contributed by atoms with van der Waals surface area (Å²) < 4.78 is 0. The molecule has 0 aromatic carbocycles. The predicted octanol–water partition coefficient (Wildman–Crippen LogP) is 4.47. The van der Waals surface area contributed by atoms with Crippen LogP contribution in [0.2, 0.25) is 0 Å². The molecule has 0 aromatic heterocycles. The molecule has 0 fully saturated rings. The van der Waals surface area contributed by atoms with Crippen LogP contribution >= 0.6 is 0 Å². The molecular formula is C22H42N2O3. The van der Waals surface area contributed by atoms with E-state index in [1.54, 1.807) is 6.07 Å². The van der Waals surface area contributed by atoms with E-state index in [2.05, 4.69) is 19.2 Å². The maximum Gasteiger partial charge on any atom is 0.234 e. The fourth-order valence-corrected chi connectivity index (χ4v) is 3.26. The highest BCUT2D eigenvalue weighted by Gasteiger charge is 2.19. The van der Waals surface area contributed by atoms with Crippen molar-refractivity contribution >= 4 is 5.91 Å². The molecule has 0 saturated carbocycles. The number of hydrogen-bond acceptors (Lipinski definition) is 4. The van der Waals surface area contributed by atoms with Crippen molar-refractivity contribution in [1.29, 1.82) is 5.26 Å². The Hall–Kier alpha value is -1.12. The Morgan fingerprint density at radius 3 is 1.89 bits per heavy atom. The predicted molar refractivity (Wildman–Crippen MR) is 110 cm³/mol. The average molecular weight is 383 g/mol. The van der Waals surface area contributed by atoms with E-state index in [-0.39, 0.29) is 13.0 Å². The van der Waals surface area contributed by atoms with Crippen LogP contribution in [0.15, 0.2) is 0 Å². The van der Waals surface area contributed by atoms with Crippen molar-refractivity contribution in [3.8, 4) is 6.07 Å². The van der Waals surface area contributed by atoms with E-state index >= 15 is 0 Å². The molecule has 3 unspecified atom stereocenters. The zero-order chi connectivity index (χ0) is 20.3. The molecule has 5 heteroatoms. The van der Waals surface area contributed by atoms with Crippen LogP contribution in [0.3, 0.4) is 0 Å². The van der Waals surface area contributed by atoms with Gasteiger partial charge in [-0.25, -0.2) is 0 Å². The standard InChI is InChI=1S/C22H42N2O3/c1-3-19(2)14-12-10-8-6-4-5-7-9-11-13-15-21(26)20(18-25)24-22(27)16-17-23/h19-21,25-26H,3-16,18H2,1-2H3,(H,24,27). The first kappa shape index (κ1) is 25.9. The molecule has 0 spiro atoms.